The monoisotopic (exact) mass is 523 g/mol. The molecule has 2 amide bonds. The number of rotatable bonds is 14. The molecule has 0 saturated carbocycles. The summed E-state index contributed by atoms with van der Waals surface area (Å²) in [4.78, 5) is 28.1. The number of aromatic nitrogens is 2. The number of amides is 2. The molecule has 0 saturated heterocycles. The van der Waals surface area contributed by atoms with Crippen molar-refractivity contribution in [2.45, 2.75) is 56.3 Å². The summed E-state index contributed by atoms with van der Waals surface area (Å²) in [6.07, 6.45) is 1.52. The van der Waals surface area contributed by atoms with Crippen LogP contribution in [-0.2, 0) is 33.1 Å². The third kappa shape index (κ3) is 8.12. The number of imidazole rings is 1. The minimum absolute atomic E-state index is 0.0173. The maximum absolute atomic E-state index is 13.5. The summed E-state index contributed by atoms with van der Waals surface area (Å²) >= 11 is 0. The molecule has 1 aromatic heterocycles. The highest BCUT2D eigenvalue weighted by molar-refractivity contribution is 7.89. The Morgan fingerprint density at radius 1 is 1.14 bits per heavy atom. The van der Waals surface area contributed by atoms with Gasteiger partial charge in [-0.25, -0.2) is 13.4 Å². The molecule has 0 spiro atoms. The molecule has 0 radical (unpaired) electrons. The van der Waals surface area contributed by atoms with Crippen LogP contribution in [0.15, 0.2) is 47.9 Å². The molecule has 4 N–H and O–H groups in total. The Bertz CT molecular complexity index is 1090. The maximum Gasteiger partial charge on any atom is 0.262 e. The van der Waals surface area contributed by atoms with Gasteiger partial charge in [0.05, 0.1) is 31.1 Å². The van der Waals surface area contributed by atoms with Crippen LogP contribution in [0.3, 0.4) is 0 Å². The van der Waals surface area contributed by atoms with Gasteiger partial charge in [0.1, 0.15) is 0 Å². The molecule has 0 aliphatic carbocycles. The quantitative estimate of drug-likeness (QED) is 0.273. The van der Waals surface area contributed by atoms with E-state index in [0.717, 1.165) is 9.87 Å². The predicted octanol–water partition coefficient (Wildman–Crippen LogP) is 0.0423. The molecule has 0 bridgehead atoms. The van der Waals surface area contributed by atoms with Crippen LogP contribution in [0.2, 0.25) is 0 Å². The standard InChI is InChI=1S/C24H37N5O6S/c1-17(2)20(15-30)29(36(34,35)24-14-28(4)16-26-24)13-21(31)19(12-18-8-6-5-7-9-18)27-23(33)11-10-22(32)25-3/h5-9,14,16-17,19-21,30-31H,10-13,15H2,1-4H3,(H,25,32)(H,27,33)/t19?,20-,21?/m0/s1. The number of sulfonamides is 1. The fraction of sp³-hybridized carbons (Fsp3) is 0.542. The first-order valence-electron chi connectivity index (χ1n) is 11.8. The van der Waals surface area contributed by atoms with E-state index in [9.17, 15) is 28.2 Å². The zero-order valence-electron chi connectivity index (χ0n) is 21.2. The number of carbonyl (C=O) groups excluding carboxylic acids is 2. The van der Waals surface area contributed by atoms with E-state index in [4.69, 9.17) is 0 Å². The van der Waals surface area contributed by atoms with Gasteiger partial charge in [0.15, 0.2) is 5.03 Å². The minimum atomic E-state index is -4.18. The van der Waals surface area contributed by atoms with Crippen molar-refractivity contribution in [1.82, 2.24) is 24.5 Å². The summed E-state index contributed by atoms with van der Waals surface area (Å²) in [5.74, 6) is -1.00. The Hall–Kier alpha value is -2.80. The Morgan fingerprint density at radius 3 is 2.31 bits per heavy atom. The topological polar surface area (TPSA) is 154 Å². The van der Waals surface area contributed by atoms with Crippen molar-refractivity contribution in [3.63, 3.8) is 0 Å². The summed E-state index contributed by atoms with van der Waals surface area (Å²) in [6.45, 7) is 2.71. The van der Waals surface area contributed by atoms with Gasteiger partial charge in [0, 0.05) is 39.7 Å². The fourth-order valence-electron chi connectivity index (χ4n) is 3.78. The Kier molecular flexibility index (Phi) is 11.0. The van der Waals surface area contributed by atoms with Crippen LogP contribution in [0.4, 0.5) is 0 Å². The van der Waals surface area contributed by atoms with Crippen LogP contribution in [0.1, 0.15) is 32.3 Å². The molecule has 0 fully saturated rings. The second-order valence-corrected chi connectivity index (χ2v) is 10.9. The summed E-state index contributed by atoms with van der Waals surface area (Å²) < 4.78 is 29.5. The van der Waals surface area contributed by atoms with Crippen molar-refractivity contribution in [1.29, 1.82) is 0 Å². The summed E-state index contributed by atoms with van der Waals surface area (Å²) in [5.41, 5.74) is 0.829. The summed E-state index contributed by atoms with van der Waals surface area (Å²) in [5, 5.41) is 26.3. The Labute approximate surface area is 212 Å². The van der Waals surface area contributed by atoms with Crippen molar-refractivity contribution in [2.75, 3.05) is 20.2 Å². The molecule has 12 heteroatoms. The molecular formula is C24H37N5O6S. The van der Waals surface area contributed by atoms with Crippen LogP contribution < -0.4 is 10.6 Å². The highest BCUT2D eigenvalue weighted by Gasteiger charge is 2.37. The first-order chi connectivity index (χ1) is 17.0. The van der Waals surface area contributed by atoms with Crippen LogP contribution in [-0.4, -0.2) is 82.7 Å². The molecular weight excluding hydrogens is 486 g/mol. The second-order valence-electron chi connectivity index (χ2n) is 9.05. The van der Waals surface area contributed by atoms with Gasteiger partial charge in [-0.3, -0.25) is 9.59 Å². The van der Waals surface area contributed by atoms with E-state index in [-0.39, 0.29) is 42.7 Å². The second kappa shape index (κ2) is 13.5. The first kappa shape index (κ1) is 29.4. The van der Waals surface area contributed by atoms with Crippen molar-refractivity contribution in [2.24, 2.45) is 13.0 Å². The molecule has 3 atom stereocenters. The summed E-state index contributed by atoms with van der Waals surface area (Å²) in [7, 11) is -1.06. The maximum atomic E-state index is 13.5. The van der Waals surface area contributed by atoms with Crippen LogP contribution >= 0.6 is 0 Å². The lowest BCUT2D eigenvalue weighted by Gasteiger charge is -2.35. The van der Waals surface area contributed by atoms with Gasteiger partial charge in [-0.05, 0) is 17.9 Å². The number of nitrogens with one attached hydrogen (secondary N) is 2. The van der Waals surface area contributed by atoms with E-state index in [1.807, 2.05) is 30.3 Å². The fourth-order valence-corrected chi connectivity index (χ4v) is 5.52. The average molecular weight is 524 g/mol. The van der Waals surface area contributed by atoms with Crippen molar-refractivity contribution >= 4 is 21.8 Å². The highest BCUT2D eigenvalue weighted by Crippen LogP contribution is 2.22. The Balaban J connectivity index is 2.35. The predicted molar refractivity (Wildman–Crippen MR) is 134 cm³/mol. The SMILES string of the molecule is CNC(=O)CCC(=O)NC(Cc1ccccc1)C(O)CN([C@@H](CO)C(C)C)S(=O)(=O)c1cn(C)cn1. The zero-order chi connectivity index (χ0) is 26.9. The van der Waals surface area contributed by atoms with Gasteiger partial charge in [-0.15, -0.1) is 0 Å². The number of hydrogen-bond acceptors (Lipinski definition) is 7. The van der Waals surface area contributed by atoms with E-state index >= 15 is 0 Å². The molecule has 36 heavy (non-hydrogen) atoms. The zero-order valence-corrected chi connectivity index (χ0v) is 22.0. The molecule has 2 aromatic rings. The normalized spacial score (nSPS) is 14.4. The third-order valence-corrected chi connectivity index (χ3v) is 7.69. The van der Waals surface area contributed by atoms with E-state index in [2.05, 4.69) is 15.6 Å². The molecule has 2 rings (SSSR count). The highest BCUT2D eigenvalue weighted by atomic mass is 32.2. The number of aliphatic hydroxyl groups is 2. The number of hydrogen-bond donors (Lipinski definition) is 4. The lowest BCUT2D eigenvalue weighted by atomic mass is 9.99. The number of carbonyl (C=O) groups is 2. The molecule has 0 aliphatic heterocycles. The molecule has 1 heterocycles. The van der Waals surface area contributed by atoms with Gasteiger partial charge < -0.3 is 25.4 Å². The van der Waals surface area contributed by atoms with E-state index in [1.165, 1.54) is 24.1 Å². The van der Waals surface area contributed by atoms with Gasteiger partial charge >= 0.3 is 0 Å². The number of benzene rings is 1. The molecule has 200 valence electrons. The van der Waals surface area contributed by atoms with Gasteiger partial charge in [0.25, 0.3) is 10.0 Å². The van der Waals surface area contributed by atoms with Crippen molar-refractivity contribution < 1.29 is 28.2 Å². The van der Waals surface area contributed by atoms with Gasteiger partial charge in [0.2, 0.25) is 11.8 Å². The minimum Gasteiger partial charge on any atom is -0.395 e. The summed E-state index contributed by atoms with van der Waals surface area (Å²) in [6, 6.07) is 7.49. The first-order valence-corrected chi connectivity index (χ1v) is 13.3. The van der Waals surface area contributed by atoms with Crippen LogP contribution in [0.5, 0.6) is 0 Å². The van der Waals surface area contributed by atoms with E-state index < -0.39 is 40.7 Å². The molecule has 1 aromatic carbocycles. The van der Waals surface area contributed by atoms with Crippen LogP contribution in [0.25, 0.3) is 0 Å². The van der Waals surface area contributed by atoms with E-state index in [1.54, 1.807) is 20.9 Å². The Morgan fingerprint density at radius 2 is 1.78 bits per heavy atom. The lowest BCUT2D eigenvalue weighted by Crippen LogP contribution is -2.54. The largest absolute Gasteiger partial charge is 0.395 e. The lowest BCUT2D eigenvalue weighted by molar-refractivity contribution is -0.127. The number of aliphatic hydroxyl groups excluding tert-OH is 2. The smallest absolute Gasteiger partial charge is 0.262 e. The van der Waals surface area contributed by atoms with Gasteiger partial charge in [-0.1, -0.05) is 44.2 Å². The molecule has 0 aliphatic rings. The number of aryl methyl sites for hydroxylation is 1. The average Bonchev–Trinajstić information content (AvgIpc) is 3.29. The van der Waals surface area contributed by atoms with Crippen molar-refractivity contribution in [3.05, 3.63) is 48.4 Å². The van der Waals surface area contributed by atoms with E-state index in [0.29, 0.717) is 0 Å². The molecule has 11 nitrogen and oxygen atoms in total. The third-order valence-electron chi connectivity index (χ3n) is 5.91. The van der Waals surface area contributed by atoms with Gasteiger partial charge in [-0.2, -0.15) is 4.31 Å². The molecule has 2 unspecified atom stereocenters. The van der Waals surface area contributed by atoms with Crippen molar-refractivity contribution in [3.8, 4) is 0 Å². The van der Waals surface area contributed by atoms with Crippen LogP contribution in [0, 0.1) is 5.92 Å². The number of nitrogens with zero attached hydrogens (tertiary/aromatic N) is 3.